The van der Waals surface area contributed by atoms with E-state index in [1.165, 1.54) is 0 Å². The average Bonchev–Trinajstić information content (AvgIpc) is 2.47. The van der Waals surface area contributed by atoms with Gasteiger partial charge in [-0.15, -0.1) is 0 Å². The van der Waals surface area contributed by atoms with Crippen LogP contribution in [-0.4, -0.2) is 60.1 Å². The topological polar surface area (TPSA) is 43.8 Å². The molecule has 1 saturated heterocycles. The zero-order valence-electron chi connectivity index (χ0n) is 8.36. The molecule has 1 atom stereocenters. The van der Waals surface area contributed by atoms with Crippen LogP contribution in [0.4, 0.5) is 0 Å². The summed E-state index contributed by atoms with van der Waals surface area (Å²) in [6, 6.07) is 0.436. The fraction of sp³-hybridized carbons (Fsp3) is 0.889. The van der Waals surface area contributed by atoms with Crippen LogP contribution in [0.3, 0.4) is 0 Å². The summed E-state index contributed by atoms with van der Waals surface area (Å²) in [7, 11) is 2.08. The van der Waals surface area contributed by atoms with E-state index < -0.39 is 5.97 Å². The van der Waals surface area contributed by atoms with Gasteiger partial charge in [-0.2, -0.15) is 0 Å². The highest BCUT2D eigenvalue weighted by Crippen LogP contribution is 2.13. The number of aliphatic carboxylic acids is 1. The van der Waals surface area contributed by atoms with Crippen LogP contribution in [0.15, 0.2) is 0 Å². The van der Waals surface area contributed by atoms with Crippen molar-refractivity contribution in [1.82, 2.24) is 9.80 Å². The molecule has 4 nitrogen and oxygen atoms in total. The maximum absolute atomic E-state index is 10.6. The van der Waals surface area contributed by atoms with E-state index in [1.54, 1.807) is 0 Å². The Morgan fingerprint density at radius 1 is 1.69 bits per heavy atom. The molecule has 76 valence electrons. The maximum atomic E-state index is 10.6. The first-order valence-corrected chi connectivity index (χ1v) is 4.78. The van der Waals surface area contributed by atoms with Gasteiger partial charge in [-0.05, 0) is 26.6 Å². The summed E-state index contributed by atoms with van der Waals surface area (Å²) >= 11 is 0. The molecular formula is C9H18N2O2. The first-order chi connectivity index (χ1) is 6.13. The summed E-state index contributed by atoms with van der Waals surface area (Å²) in [5, 5.41) is 8.69. The quantitative estimate of drug-likeness (QED) is 0.676. The number of likely N-dealkylation sites (N-methyl/N-ethyl adjacent to an activating group) is 2. The first-order valence-electron chi connectivity index (χ1n) is 4.78. The van der Waals surface area contributed by atoms with Crippen molar-refractivity contribution in [3.05, 3.63) is 0 Å². The van der Waals surface area contributed by atoms with Crippen LogP contribution >= 0.6 is 0 Å². The molecule has 1 heterocycles. The van der Waals surface area contributed by atoms with Gasteiger partial charge >= 0.3 is 5.97 Å². The standard InChI is InChI=1S/C9H18N2O2/c1-3-11(7-9(12)13)8-4-5-10(2)6-8/h8H,3-7H2,1-2H3,(H,12,13). The van der Waals surface area contributed by atoms with Crippen molar-refractivity contribution in [2.45, 2.75) is 19.4 Å². The number of nitrogens with zero attached hydrogens (tertiary/aromatic N) is 2. The zero-order valence-corrected chi connectivity index (χ0v) is 8.36. The molecule has 0 radical (unpaired) electrons. The molecule has 1 aliphatic rings. The van der Waals surface area contributed by atoms with E-state index in [4.69, 9.17) is 5.11 Å². The molecule has 0 saturated carbocycles. The molecule has 1 aliphatic heterocycles. The Morgan fingerprint density at radius 3 is 2.77 bits per heavy atom. The van der Waals surface area contributed by atoms with Crippen LogP contribution in [0.5, 0.6) is 0 Å². The fourth-order valence-electron chi connectivity index (χ4n) is 1.88. The van der Waals surface area contributed by atoms with E-state index in [9.17, 15) is 4.79 Å². The summed E-state index contributed by atoms with van der Waals surface area (Å²) in [6.45, 7) is 5.10. The van der Waals surface area contributed by atoms with Crippen molar-refractivity contribution in [2.75, 3.05) is 33.2 Å². The minimum atomic E-state index is -0.726. The third kappa shape index (κ3) is 2.97. The molecule has 0 spiro atoms. The molecule has 4 heteroatoms. The number of hydrogen-bond donors (Lipinski definition) is 1. The molecule has 1 fully saturated rings. The second-order valence-electron chi connectivity index (χ2n) is 3.66. The Bertz CT molecular complexity index is 184. The highest BCUT2D eigenvalue weighted by atomic mass is 16.4. The van der Waals surface area contributed by atoms with Crippen LogP contribution in [0.1, 0.15) is 13.3 Å². The lowest BCUT2D eigenvalue weighted by atomic mass is 10.2. The van der Waals surface area contributed by atoms with E-state index >= 15 is 0 Å². The molecule has 13 heavy (non-hydrogen) atoms. The summed E-state index contributed by atoms with van der Waals surface area (Å²) in [4.78, 5) is 14.8. The van der Waals surface area contributed by atoms with Crippen LogP contribution < -0.4 is 0 Å². The van der Waals surface area contributed by atoms with Gasteiger partial charge < -0.3 is 10.0 Å². The number of carbonyl (C=O) groups is 1. The van der Waals surface area contributed by atoms with Crippen molar-refractivity contribution in [2.24, 2.45) is 0 Å². The maximum Gasteiger partial charge on any atom is 0.317 e. The predicted octanol–water partition coefficient (Wildman–Crippen LogP) is 0.0970. The third-order valence-electron chi connectivity index (χ3n) is 2.63. The number of likely N-dealkylation sites (tertiary alicyclic amines) is 1. The van der Waals surface area contributed by atoms with Gasteiger partial charge in [-0.1, -0.05) is 6.92 Å². The normalized spacial score (nSPS) is 24.1. The highest BCUT2D eigenvalue weighted by molar-refractivity contribution is 5.69. The van der Waals surface area contributed by atoms with Gasteiger partial charge in [-0.25, -0.2) is 0 Å². The fourth-order valence-corrected chi connectivity index (χ4v) is 1.88. The van der Waals surface area contributed by atoms with Crippen molar-refractivity contribution < 1.29 is 9.90 Å². The Balaban J connectivity index is 2.42. The van der Waals surface area contributed by atoms with E-state index in [1.807, 2.05) is 11.8 Å². The Hall–Kier alpha value is -0.610. The Morgan fingerprint density at radius 2 is 2.38 bits per heavy atom. The Labute approximate surface area is 79.1 Å². The molecular weight excluding hydrogens is 168 g/mol. The lowest BCUT2D eigenvalue weighted by molar-refractivity contribution is -0.138. The third-order valence-corrected chi connectivity index (χ3v) is 2.63. The van der Waals surface area contributed by atoms with Crippen molar-refractivity contribution >= 4 is 5.97 Å². The van der Waals surface area contributed by atoms with Gasteiger partial charge in [0, 0.05) is 12.6 Å². The molecule has 1 N–H and O–H groups in total. The second kappa shape index (κ2) is 4.58. The van der Waals surface area contributed by atoms with Gasteiger partial charge in [0.2, 0.25) is 0 Å². The molecule has 0 amide bonds. The van der Waals surface area contributed by atoms with Crippen LogP contribution in [-0.2, 0) is 4.79 Å². The van der Waals surface area contributed by atoms with E-state index in [-0.39, 0.29) is 6.54 Å². The van der Waals surface area contributed by atoms with Gasteiger partial charge in [0.05, 0.1) is 6.54 Å². The number of carboxylic acid groups (broad SMARTS) is 1. The van der Waals surface area contributed by atoms with Crippen LogP contribution in [0.2, 0.25) is 0 Å². The monoisotopic (exact) mass is 186 g/mol. The van der Waals surface area contributed by atoms with Gasteiger partial charge in [0.1, 0.15) is 0 Å². The SMILES string of the molecule is CCN(CC(=O)O)C1CCN(C)C1. The molecule has 0 bridgehead atoms. The van der Waals surface area contributed by atoms with Gasteiger partial charge in [-0.3, -0.25) is 9.69 Å². The van der Waals surface area contributed by atoms with Crippen molar-refractivity contribution in [3.8, 4) is 0 Å². The first kappa shape index (κ1) is 10.5. The number of rotatable bonds is 4. The van der Waals surface area contributed by atoms with E-state index in [0.717, 1.165) is 26.1 Å². The molecule has 0 aromatic rings. The lowest BCUT2D eigenvalue weighted by Crippen LogP contribution is -2.40. The van der Waals surface area contributed by atoms with E-state index in [2.05, 4.69) is 11.9 Å². The summed E-state index contributed by atoms with van der Waals surface area (Å²) in [5.74, 6) is -0.726. The second-order valence-corrected chi connectivity index (χ2v) is 3.66. The average molecular weight is 186 g/mol. The van der Waals surface area contributed by atoms with Crippen LogP contribution in [0.25, 0.3) is 0 Å². The number of carboxylic acids is 1. The molecule has 1 rings (SSSR count). The highest BCUT2D eigenvalue weighted by Gasteiger charge is 2.25. The summed E-state index contributed by atoms with van der Waals surface area (Å²) in [5.41, 5.74) is 0. The molecule has 0 aromatic carbocycles. The minimum Gasteiger partial charge on any atom is -0.480 e. The largest absolute Gasteiger partial charge is 0.480 e. The molecule has 0 aliphatic carbocycles. The number of hydrogen-bond acceptors (Lipinski definition) is 3. The smallest absolute Gasteiger partial charge is 0.317 e. The van der Waals surface area contributed by atoms with Gasteiger partial charge in [0.15, 0.2) is 0 Å². The van der Waals surface area contributed by atoms with Crippen molar-refractivity contribution in [3.63, 3.8) is 0 Å². The summed E-state index contributed by atoms with van der Waals surface area (Å²) in [6.07, 6.45) is 1.09. The molecule has 1 unspecified atom stereocenters. The summed E-state index contributed by atoms with van der Waals surface area (Å²) < 4.78 is 0. The predicted molar refractivity (Wildman–Crippen MR) is 50.8 cm³/mol. The minimum absolute atomic E-state index is 0.176. The van der Waals surface area contributed by atoms with Crippen LogP contribution in [0, 0.1) is 0 Å². The van der Waals surface area contributed by atoms with Crippen molar-refractivity contribution in [1.29, 1.82) is 0 Å². The van der Waals surface area contributed by atoms with E-state index in [0.29, 0.717) is 6.04 Å². The zero-order chi connectivity index (χ0) is 9.84. The van der Waals surface area contributed by atoms with Gasteiger partial charge in [0.25, 0.3) is 0 Å². The lowest BCUT2D eigenvalue weighted by Gasteiger charge is -2.25. The molecule has 0 aromatic heterocycles. The Kier molecular flexibility index (Phi) is 3.69.